The second kappa shape index (κ2) is 7.21. The molecular formula is C18H16F2N4O. The van der Waals surface area contributed by atoms with Crippen molar-refractivity contribution in [2.45, 2.75) is 19.5 Å². The Morgan fingerprint density at radius 3 is 2.52 bits per heavy atom. The maximum absolute atomic E-state index is 14.3. The molecule has 5 nitrogen and oxygen atoms in total. The molecular weight excluding hydrogens is 326 g/mol. The van der Waals surface area contributed by atoms with Gasteiger partial charge >= 0.3 is 0 Å². The molecule has 1 aromatic heterocycles. The van der Waals surface area contributed by atoms with Crippen LogP contribution in [0.3, 0.4) is 0 Å². The van der Waals surface area contributed by atoms with Crippen LogP contribution in [0, 0.1) is 11.6 Å². The molecule has 3 aromatic rings. The molecule has 25 heavy (non-hydrogen) atoms. The first kappa shape index (κ1) is 16.8. The molecule has 3 rings (SSSR count). The van der Waals surface area contributed by atoms with E-state index in [0.29, 0.717) is 17.7 Å². The highest BCUT2D eigenvalue weighted by Gasteiger charge is 2.15. The fourth-order valence-corrected chi connectivity index (χ4v) is 2.48. The second-order valence-electron chi connectivity index (χ2n) is 5.69. The zero-order chi connectivity index (χ0) is 17.8. The number of hydrogen-bond acceptors (Lipinski definition) is 3. The number of halogens is 2. The minimum atomic E-state index is -0.632. The number of carbonyl (C=O) groups is 1. The van der Waals surface area contributed by atoms with Gasteiger partial charge in [0, 0.05) is 6.04 Å². The van der Waals surface area contributed by atoms with Gasteiger partial charge in [0.1, 0.15) is 24.3 Å². The summed E-state index contributed by atoms with van der Waals surface area (Å²) in [6.07, 6.45) is 2.95. The summed E-state index contributed by atoms with van der Waals surface area (Å²) >= 11 is 0. The Hall–Kier alpha value is -3.09. The first-order valence-corrected chi connectivity index (χ1v) is 7.71. The summed E-state index contributed by atoms with van der Waals surface area (Å²) in [5.41, 5.74) is 1.20. The lowest BCUT2D eigenvalue weighted by molar-refractivity contribution is 0.0932. The number of aromatic nitrogens is 3. The predicted molar refractivity (Wildman–Crippen MR) is 88.7 cm³/mol. The molecule has 0 saturated carbocycles. The Labute approximate surface area is 143 Å². The van der Waals surface area contributed by atoms with Crippen LogP contribution in [0.4, 0.5) is 8.78 Å². The minimum Gasteiger partial charge on any atom is -0.348 e. The van der Waals surface area contributed by atoms with Gasteiger partial charge in [-0.25, -0.2) is 13.8 Å². The van der Waals surface area contributed by atoms with Crippen molar-refractivity contribution < 1.29 is 13.6 Å². The molecule has 1 amide bonds. The molecule has 2 aromatic carbocycles. The van der Waals surface area contributed by atoms with Gasteiger partial charge in [-0.3, -0.25) is 9.48 Å². The average molecular weight is 342 g/mol. The Kier molecular flexibility index (Phi) is 4.83. The van der Waals surface area contributed by atoms with E-state index in [0.717, 1.165) is 0 Å². The topological polar surface area (TPSA) is 59.8 Å². The standard InChI is InChI=1S/C18H16F2N4O/c1-12(9-24-11-21-10-22-24)23-18(25)16-7-4-14(8-17(16)20)13-2-5-15(19)6-3-13/h2-8,10-12H,9H2,1H3,(H,23,25). The molecule has 0 bridgehead atoms. The number of hydrogen-bond donors (Lipinski definition) is 1. The summed E-state index contributed by atoms with van der Waals surface area (Å²) in [6.45, 7) is 2.23. The van der Waals surface area contributed by atoms with E-state index in [4.69, 9.17) is 0 Å². The number of nitrogens with zero attached hydrogens (tertiary/aromatic N) is 3. The van der Waals surface area contributed by atoms with E-state index >= 15 is 0 Å². The number of benzene rings is 2. The lowest BCUT2D eigenvalue weighted by Crippen LogP contribution is -2.36. The molecule has 0 aliphatic rings. The van der Waals surface area contributed by atoms with E-state index in [9.17, 15) is 13.6 Å². The molecule has 128 valence electrons. The normalized spacial score (nSPS) is 12.0. The maximum Gasteiger partial charge on any atom is 0.254 e. The molecule has 0 spiro atoms. The van der Waals surface area contributed by atoms with E-state index in [2.05, 4.69) is 15.4 Å². The molecule has 1 unspecified atom stereocenters. The monoisotopic (exact) mass is 342 g/mol. The van der Waals surface area contributed by atoms with Gasteiger partial charge in [0.25, 0.3) is 5.91 Å². The number of rotatable bonds is 5. The summed E-state index contributed by atoms with van der Waals surface area (Å²) in [5, 5.41) is 6.68. The van der Waals surface area contributed by atoms with Gasteiger partial charge in [0.15, 0.2) is 0 Å². The molecule has 7 heteroatoms. The largest absolute Gasteiger partial charge is 0.348 e. The van der Waals surface area contributed by atoms with Crippen molar-refractivity contribution in [1.82, 2.24) is 20.1 Å². The average Bonchev–Trinajstić information content (AvgIpc) is 3.08. The predicted octanol–water partition coefficient (Wildman–Crippen LogP) is 3.04. The third kappa shape index (κ3) is 4.06. The zero-order valence-electron chi connectivity index (χ0n) is 13.5. The molecule has 1 heterocycles. The lowest BCUT2D eigenvalue weighted by Gasteiger charge is -2.14. The van der Waals surface area contributed by atoms with E-state index in [1.54, 1.807) is 36.1 Å². The van der Waals surface area contributed by atoms with Gasteiger partial charge in [-0.2, -0.15) is 5.10 Å². The van der Waals surface area contributed by atoms with E-state index in [1.807, 2.05) is 0 Å². The summed E-state index contributed by atoms with van der Waals surface area (Å²) in [7, 11) is 0. The maximum atomic E-state index is 14.3. The van der Waals surface area contributed by atoms with Crippen LogP contribution in [0.5, 0.6) is 0 Å². The van der Waals surface area contributed by atoms with Crippen LogP contribution in [0.15, 0.2) is 55.1 Å². The fraction of sp³-hybridized carbons (Fsp3) is 0.167. The van der Waals surface area contributed by atoms with E-state index in [1.165, 1.54) is 30.6 Å². The van der Waals surface area contributed by atoms with Crippen LogP contribution in [0.25, 0.3) is 11.1 Å². The second-order valence-corrected chi connectivity index (χ2v) is 5.69. The van der Waals surface area contributed by atoms with Gasteiger partial charge in [-0.1, -0.05) is 18.2 Å². The minimum absolute atomic E-state index is 0.0451. The molecule has 1 N–H and O–H groups in total. The lowest BCUT2D eigenvalue weighted by atomic mass is 10.0. The summed E-state index contributed by atoms with van der Waals surface area (Å²) in [5.74, 6) is -1.50. The van der Waals surface area contributed by atoms with Crippen molar-refractivity contribution in [3.63, 3.8) is 0 Å². The van der Waals surface area contributed by atoms with Gasteiger partial charge in [-0.15, -0.1) is 0 Å². The van der Waals surface area contributed by atoms with Crippen molar-refractivity contribution >= 4 is 5.91 Å². The van der Waals surface area contributed by atoms with Crippen molar-refractivity contribution in [2.75, 3.05) is 0 Å². The van der Waals surface area contributed by atoms with Crippen LogP contribution in [0.2, 0.25) is 0 Å². The van der Waals surface area contributed by atoms with Gasteiger partial charge in [-0.05, 0) is 42.3 Å². The van der Waals surface area contributed by atoms with Crippen LogP contribution in [-0.4, -0.2) is 26.7 Å². The first-order chi connectivity index (χ1) is 12.0. The van der Waals surface area contributed by atoms with Crippen molar-refractivity contribution in [3.8, 4) is 11.1 Å². The smallest absolute Gasteiger partial charge is 0.254 e. The van der Waals surface area contributed by atoms with Crippen LogP contribution in [-0.2, 0) is 6.54 Å². The van der Waals surface area contributed by atoms with Crippen molar-refractivity contribution in [2.24, 2.45) is 0 Å². The third-order valence-electron chi connectivity index (χ3n) is 3.70. The highest BCUT2D eigenvalue weighted by Crippen LogP contribution is 2.22. The molecule has 0 aliphatic carbocycles. The Balaban J connectivity index is 1.71. The number of carbonyl (C=O) groups excluding carboxylic acids is 1. The summed E-state index contributed by atoms with van der Waals surface area (Å²) < 4.78 is 28.9. The number of amides is 1. The molecule has 0 aliphatic heterocycles. The zero-order valence-corrected chi connectivity index (χ0v) is 13.5. The van der Waals surface area contributed by atoms with Gasteiger partial charge < -0.3 is 5.32 Å². The van der Waals surface area contributed by atoms with Gasteiger partial charge in [0.2, 0.25) is 0 Å². The van der Waals surface area contributed by atoms with Crippen LogP contribution in [0.1, 0.15) is 17.3 Å². The quantitative estimate of drug-likeness (QED) is 0.775. The van der Waals surface area contributed by atoms with E-state index < -0.39 is 11.7 Å². The first-order valence-electron chi connectivity index (χ1n) is 7.71. The fourth-order valence-electron chi connectivity index (χ4n) is 2.48. The van der Waals surface area contributed by atoms with Gasteiger partial charge in [0.05, 0.1) is 12.1 Å². The van der Waals surface area contributed by atoms with Crippen LogP contribution < -0.4 is 5.32 Å². The Morgan fingerprint density at radius 2 is 1.88 bits per heavy atom. The Bertz CT molecular complexity index is 863. The Morgan fingerprint density at radius 1 is 1.16 bits per heavy atom. The summed E-state index contributed by atoms with van der Waals surface area (Å²) in [4.78, 5) is 16.1. The van der Waals surface area contributed by atoms with E-state index in [-0.39, 0.29) is 17.4 Å². The van der Waals surface area contributed by atoms with Crippen molar-refractivity contribution in [1.29, 1.82) is 0 Å². The molecule has 0 saturated heterocycles. The molecule has 0 radical (unpaired) electrons. The van der Waals surface area contributed by atoms with Crippen molar-refractivity contribution in [3.05, 3.63) is 72.3 Å². The number of nitrogens with one attached hydrogen (secondary N) is 1. The molecule has 0 fully saturated rings. The molecule has 1 atom stereocenters. The highest BCUT2D eigenvalue weighted by molar-refractivity contribution is 5.95. The third-order valence-corrected chi connectivity index (χ3v) is 3.70. The highest BCUT2D eigenvalue weighted by atomic mass is 19.1. The van der Waals surface area contributed by atoms with Crippen LogP contribution >= 0.6 is 0 Å². The SMILES string of the molecule is CC(Cn1cncn1)NC(=O)c1ccc(-c2ccc(F)cc2)cc1F. The summed E-state index contributed by atoms with van der Waals surface area (Å²) in [6, 6.07) is 9.81.